The highest BCUT2D eigenvalue weighted by molar-refractivity contribution is 7.33. The number of hydrogen-bond donors (Lipinski definition) is 2. The van der Waals surface area contributed by atoms with E-state index in [1.807, 2.05) is 50.2 Å². The van der Waals surface area contributed by atoms with Crippen LogP contribution in [0.5, 0.6) is 0 Å². The summed E-state index contributed by atoms with van der Waals surface area (Å²) in [7, 11) is -2.21. The molecule has 0 aliphatic rings. The van der Waals surface area contributed by atoms with Crippen molar-refractivity contribution in [3.05, 3.63) is 141 Å². The number of hydrogen-bond acceptors (Lipinski definition) is 5. The lowest BCUT2D eigenvalue weighted by Gasteiger charge is -2.11. The van der Waals surface area contributed by atoms with Crippen molar-refractivity contribution in [1.29, 1.82) is 0 Å². The van der Waals surface area contributed by atoms with Gasteiger partial charge in [0.05, 0.1) is 0 Å². The van der Waals surface area contributed by atoms with Gasteiger partial charge in [-0.25, -0.2) is 17.6 Å². The predicted octanol–water partition coefficient (Wildman–Crippen LogP) is 11.9. The molecule has 0 saturated carbocycles. The molecule has 0 unspecified atom stereocenters. The van der Waals surface area contributed by atoms with Gasteiger partial charge in [0.25, 0.3) is 0 Å². The molecule has 10 heteroatoms. The third kappa shape index (κ3) is 17.4. The number of benzene rings is 4. The van der Waals surface area contributed by atoms with Crippen molar-refractivity contribution < 1.29 is 31.2 Å². The van der Waals surface area contributed by atoms with Crippen molar-refractivity contribution in [3.8, 4) is 0 Å². The summed E-state index contributed by atoms with van der Waals surface area (Å²) < 4.78 is 78.5. The Hall–Kier alpha value is -3.46. The molecule has 4 aromatic carbocycles. The molecule has 0 saturated heterocycles. The van der Waals surface area contributed by atoms with E-state index in [2.05, 4.69) is 10.6 Å². The van der Waals surface area contributed by atoms with E-state index >= 15 is 0 Å². The Kier molecular flexibility index (Phi) is 20.8. The fraction of sp³-hybridized carbons (Fsp3) is 0.478. The Balaban J connectivity index is 0.974. The van der Waals surface area contributed by atoms with Gasteiger partial charge in [-0.3, -0.25) is 0 Å². The Labute approximate surface area is 332 Å². The highest BCUT2D eigenvalue weighted by Gasteiger charge is 2.19. The molecule has 0 atom stereocenters. The standard InChI is InChI=1S/C46H60F4N2O3P/c1-35-29-39(15-9-5-3-7-13-37-17-21-43(47)22-18-37)45(49)31-41(35)33-51-25-11-27-54-56(53)55-28-12-26-52-34-42-32-46(50)40(30-36(42)2)16-10-6-4-8-14-38-19-23-44(48)24-20-38/h17-24,29-32,51-52H,3-16,25-28,33-34H2,1-2H3/q+1. The summed E-state index contributed by atoms with van der Waals surface area (Å²) in [6.07, 6.45) is 12.7. The quantitative estimate of drug-likeness (QED) is 0.0341. The smallest absolute Gasteiger partial charge is 0.313 e. The molecule has 56 heavy (non-hydrogen) atoms. The van der Waals surface area contributed by atoms with Crippen LogP contribution in [0.2, 0.25) is 0 Å². The molecule has 4 aromatic rings. The van der Waals surface area contributed by atoms with Crippen molar-refractivity contribution in [3.63, 3.8) is 0 Å². The molecule has 0 spiro atoms. The Morgan fingerprint density at radius 3 is 1.25 bits per heavy atom. The molecular formula is C46H60F4N2O3P+. The second-order valence-electron chi connectivity index (χ2n) is 14.8. The normalized spacial score (nSPS) is 11.4. The minimum Gasteiger partial charge on any atom is -0.313 e. The van der Waals surface area contributed by atoms with Gasteiger partial charge < -0.3 is 10.6 Å². The van der Waals surface area contributed by atoms with Crippen LogP contribution in [0.4, 0.5) is 17.6 Å². The SMILES string of the molecule is Cc1cc(CCCCCCc2ccc(F)cc2)c(F)cc1CNCCCO[P+](=O)OCCCNCc1cc(F)c(CCCCCCc2ccc(F)cc2)cc1C. The van der Waals surface area contributed by atoms with Crippen molar-refractivity contribution in [1.82, 2.24) is 10.6 Å². The number of nitrogens with one attached hydrogen (secondary N) is 2. The summed E-state index contributed by atoms with van der Waals surface area (Å²) in [4.78, 5) is 0. The van der Waals surface area contributed by atoms with Crippen molar-refractivity contribution in [2.75, 3.05) is 26.3 Å². The largest absolute Gasteiger partial charge is 0.697 e. The first-order chi connectivity index (χ1) is 27.2. The van der Waals surface area contributed by atoms with Crippen LogP contribution in [-0.2, 0) is 52.4 Å². The lowest BCUT2D eigenvalue weighted by molar-refractivity contribution is 0.220. The molecular weight excluding hydrogens is 735 g/mol. The molecule has 0 heterocycles. The third-order valence-electron chi connectivity index (χ3n) is 10.2. The van der Waals surface area contributed by atoms with E-state index in [0.717, 1.165) is 109 Å². The maximum Gasteiger partial charge on any atom is 0.697 e. The molecule has 0 bridgehead atoms. The highest BCUT2D eigenvalue weighted by Crippen LogP contribution is 2.24. The Morgan fingerprint density at radius 2 is 0.857 bits per heavy atom. The van der Waals surface area contributed by atoms with Crippen molar-refractivity contribution >= 4 is 8.25 Å². The first-order valence-electron chi connectivity index (χ1n) is 20.4. The van der Waals surface area contributed by atoms with E-state index in [9.17, 15) is 22.1 Å². The highest BCUT2D eigenvalue weighted by atomic mass is 31.1. The zero-order valence-corrected chi connectivity index (χ0v) is 34.1. The Morgan fingerprint density at radius 1 is 0.482 bits per heavy atom. The van der Waals surface area contributed by atoms with E-state index in [1.165, 1.54) is 24.3 Å². The van der Waals surface area contributed by atoms with Crippen LogP contribution in [-0.4, -0.2) is 26.3 Å². The van der Waals surface area contributed by atoms with Crippen LogP contribution < -0.4 is 10.6 Å². The van der Waals surface area contributed by atoms with Gasteiger partial charge in [-0.05, 0) is 172 Å². The summed E-state index contributed by atoms with van der Waals surface area (Å²) in [5, 5.41) is 6.63. The van der Waals surface area contributed by atoms with Gasteiger partial charge in [0.2, 0.25) is 0 Å². The number of unbranched alkanes of at least 4 members (excludes halogenated alkanes) is 6. The molecule has 2 N–H and O–H groups in total. The van der Waals surface area contributed by atoms with E-state index < -0.39 is 8.25 Å². The molecule has 5 nitrogen and oxygen atoms in total. The monoisotopic (exact) mass is 795 g/mol. The van der Waals surface area contributed by atoms with E-state index in [-0.39, 0.29) is 36.5 Å². The molecule has 0 aliphatic heterocycles. The second kappa shape index (κ2) is 25.7. The summed E-state index contributed by atoms with van der Waals surface area (Å²) in [6.45, 7) is 6.94. The van der Waals surface area contributed by atoms with Crippen LogP contribution in [0, 0.1) is 37.1 Å². The third-order valence-corrected chi connectivity index (χ3v) is 11.0. The summed E-state index contributed by atoms with van der Waals surface area (Å²) in [5.74, 6) is -0.755. The molecule has 0 amide bonds. The van der Waals surface area contributed by atoms with E-state index in [0.29, 0.717) is 51.9 Å². The van der Waals surface area contributed by atoms with Gasteiger partial charge >= 0.3 is 8.25 Å². The number of rotatable bonds is 28. The van der Waals surface area contributed by atoms with Crippen LogP contribution >= 0.6 is 8.25 Å². The average Bonchev–Trinajstić information content (AvgIpc) is 3.18. The van der Waals surface area contributed by atoms with E-state index in [1.54, 1.807) is 12.1 Å². The lowest BCUT2D eigenvalue weighted by Crippen LogP contribution is -2.17. The first kappa shape index (κ1) is 45.2. The zero-order chi connectivity index (χ0) is 40.0. The predicted molar refractivity (Wildman–Crippen MR) is 219 cm³/mol. The van der Waals surface area contributed by atoms with E-state index in [4.69, 9.17) is 9.05 Å². The van der Waals surface area contributed by atoms with Gasteiger partial charge in [0, 0.05) is 17.7 Å². The maximum absolute atomic E-state index is 14.8. The number of aryl methyl sites for hydroxylation is 6. The van der Waals surface area contributed by atoms with Crippen molar-refractivity contribution in [2.45, 2.75) is 117 Å². The molecule has 304 valence electrons. The minimum absolute atomic E-state index is 0.167. The topological polar surface area (TPSA) is 59.6 Å². The molecule has 4 rings (SSSR count). The van der Waals surface area contributed by atoms with Gasteiger partial charge in [-0.2, -0.15) is 0 Å². The summed E-state index contributed by atoms with van der Waals surface area (Å²) in [5.41, 5.74) is 7.75. The van der Waals surface area contributed by atoms with Crippen molar-refractivity contribution in [2.24, 2.45) is 0 Å². The second-order valence-corrected chi connectivity index (χ2v) is 15.7. The van der Waals surface area contributed by atoms with Gasteiger partial charge in [-0.1, -0.05) is 62.1 Å². The van der Waals surface area contributed by atoms with Crippen LogP contribution in [0.3, 0.4) is 0 Å². The van der Waals surface area contributed by atoms with Crippen LogP contribution in [0.25, 0.3) is 0 Å². The van der Waals surface area contributed by atoms with Gasteiger partial charge in [0.15, 0.2) is 0 Å². The first-order valence-corrected chi connectivity index (χ1v) is 21.5. The molecule has 0 aliphatic carbocycles. The van der Waals surface area contributed by atoms with Crippen LogP contribution in [0.1, 0.15) is 109 Å². The van der Waals surface area contributed by atoms with Gasteiger partial charge in [0.1, 0.15) is 36.5 Å². The number of halogens is 4. The summed E-state index contributed by atoms with van der Waals surface area (Å²) in [6, 6.07) is 20.5. The Bertz CT molecular complexity index is 1630. The molecule has 0 aromatic heterocycles. The molecule has 0 radical (unpaired) electrons. The lowest BCUT2D eigenvalue weighted by atomic mass is 9.99. The minimum atomic E-state index is -2.21. The maximum atomic E-state index is 14.8. The zero-order valence-electron chi connectivity index (χ0n) is 33.3. The average molecular weight is 796 g/mol. The molecule has 0 fully saturated rings. The van der Waals surface area contributed by atoms with Crippen LogP contribution in [0.15, 0.2) is 72.8 Å². The summed E-state index contributed by atoms with van der Waals surface area (Å²) >= 11 is 0. The van der Waals surface area contributed by atoms with Gasteiger partial charge in [-0.15, -0.1) is 9.05 Å². The fourth-order valence-corrected chi connectivity index (χ4v) is 7.41. The fourth-order valence-electron chi connectivity index (χ4n) is 6.78.